The summed E-state index contributed by atoms with van der Waals surface area (Å²) < 4.78 is 5.33. The fourth-order valence-corrected chi connectivity index (χ4v) is 1.52. The van der Waals surface area contributed by atoms with E-state index in [2.05, 4.69) is 4.90 Å². The molecule has 1 rings (SSSR count). The SMILES string of the molecule is N#CCCOCCN(CCO)c1ccccc1. The largest absolute Gasteiger partial charge is 0.395 e. The zero-order chi connectivity index (χ0) is 12.3. The average molecular weight is 234 g/mol. The molecule has 0 aromatic heterocycles. The monoisotopic (exact) mass is 234 g/mol. The standard InChI is InChI=1S/C13H18N2O2/c14-7-4-11-17-12-9-15(8-10-16)13-5-2-1-3-6-13/h1-3,5-6,16H,4,8-12H2. The molecule has 1 aromatic rings. The predicted octanol–water partition coefficient (Wildman–Crippen LogP) is 1.42. The van der Waals surface area contributed by atoms with Crippen LogP contribution in [-0.4, -0.2) is 38.0 Å². The topological polar surface area (TPSA) is 56.5 Å². The number of hydrogen-bond donors (Lipinski definition) is 1. The molecule has 1 N–H and O–H groups in total. The van der Waals surface area contributed by atoms with Gasteiger partial charge in [0.1, 0.15) is 0 Å². The summed E-state index contributed by atoms with van der Waals surface area (Å²) in [6, 6.07) is 11.9. The van der Waals surface area contributed by atoms with Crippen molar-refractivity contribution < 1.29 is 9.84 Å². The Labute approximate surface area is 102 Å². The summed E-state index contributed by atoms with van der Waals surface area (Å²) in [5.41, 5.74) is 1.07. The van der Waals surface area contributed by atoms with Crippen molar-refractivity contribution in [3.63, 3.8) is 0 Å². The Kier molecular flexibility index (Phi) is 6.80. The lowest BCUT2D eigenvalue weighted by molar-refractivity contribution is 0.145. The quantitative estimate of drug-likeness (QED) is 0.691. The van der Waals surface area contributed by atoms with Crippen LogP contribution in [-0.2, 0) is 4.74 Å². The highest BCUT2D eigenvalue weighted by Crippen LogP contribution is 2.12. The summed E-state index contributed by atoms with van der Waals surface area (Å²) in [7, 11) is 0. The number of hydrogen-bond acceptors (Lipinski definition) is 4. The summed E-state index contributed by atoms with van der Waals surface area (Å²) in [5, 5.41) is 17.4. The van der Waals surface area contributed by atoms with Crippen LogP contribution in [0.1, 0.15) is 6.42 Å². The summed E-state index contributed by atoms with van der Waals surface area (Å²) >= 11 is 0. The van der Waals surface area contributed by atoms with Crippen molar-refractivity contribution >= 4 is 5.69 Å². The van der Waals surface area contributed by atoms with E-state index in [4.69, 9.17) is 15.1 Å². The van der Waals surface area contributed by atoms with Gasteiger partial charge in [-0.15, -0.1) is 0 Å². The van der Waals surface area contributed by atoms with Crippen molar-refractivity contribution in [3.05, 3.63) is 30.3 Å². The first-order valence-corrected chi connectivity index (χ1v) is 5.74. The minimum Gasteiger partial charge on any atom is -0.395 e. The van der Waals surface area contributed by atoms with Crippen LogP contribution in [0.2, 0.25) is 0 Å². The first-order valence-electron chi connectivity index (χ1n) is 5.74. The molecule has 0 fully saturated rings. The number of nitrogens with zero attached hydrogens (tertiary/aromatic N) is 2. The van der Waals surface area contributed by atoms with Crippen molar-refractivity contribution in [2.75, 3.05) is 37.8 Å². The van der Waals surface area contributed by atoms with Crippen LogP contribution < -0.4 is 4.90 Å². The molecule has 0 heterocycles. The van der Waals surface area contributed by atoms with Crippen LogP contribution in [0, 0.1) is 11.3 Å². The molecule has 0 aliphatic rings. The molecular weight excluding hydrogens is 216 g/mol. The molecule has 0 saturated carbocycles. The molecule has 0 atom stereocenters. The van der Waals surface area contributed by atoms with Gasteiger partial charge in [0, 0.05) is 18.8 Å². The fraction of sp³-hybridized carbons (Fsp3) is 0.462. The molecule has 0 aliphatic carbocycles. The van der Waals surface area contributed by atoms with E-state index in [1.54, 1.807) is 0 Å². The maximum atomic E-state index is 9.01. The smallest absolute Gasteiger partial charge is 0.0645 e. The number of para-hydroxylation sites is 1. The maximum absolute atomic E-state index is 9.01. The Hall–Kier alpha value is -1.57. The van der Waals surface area contributed by atoms with E-state index < -0.39 is 0 Å². The number of nitriles is 1. The van der Waals surface area contributed by atoms with Crippen molar-refractivity contribution in [1.82, 2.24) is 0 Å². The Morgan fingerprint density at radius 2 is 1.94 bits per heavy atom. The van der Waals surface area contributed by atoms with Gasteiger partial charge in [-0.1, -0.05) is 18.2 Å². The van der Waals surface area contributed by atoms with Gasteiger partial charge in [-0.2, -0.15) is 5.26 Å². The average Bonchev–Trinajstić information content (AvgIpc) is 2.38. The zero-order valence-corrected chi connectivity index (χ0v) is 9.88. The van der Waals surface area contributed by atoms with E-state index in [0.29, 0.717) is 26.2 Å². The van der Waals surface area contributed by atoms with Gasteiger partial charge in [-0.05, 0) is 12.1 Å². The van der Waals surface area contributed by atoms with Crippen LogP contribution in [0.25, 0.3) is 0 Å². The minimum atomic E-state index is 0.118. The van der Waals surface area contributed by atoms with Crippen LogP contribution in [0.5, 0.6) is 0 Å². The highest BCUT2D eigenvalue weighted by Gasteiger charge is 2.04. The number of anilines is 1. The molecule has 92 valence electrons. The predicted molar refractivity (Wildman–Crippen MR) is 66.8 cm³/mol. The minimum absolute atomic E-state index is 0.118. The van der Waals surface area contributed by atoms with Gasteiger partial charge in [-0.25, -0.2) is 0 Å². The lowest BCUT2D eigenvalue weighted by Crippen LogP contribution is -2.30. The van der Waals surface area contributed by atoms with Crippen molar-refractivity contribution in [2.45, 2.75) is 6.42 Å². The lowest BCUT2D eigenvalue weighted by Gasteiger charge is -2.23. The van der Waals surface area contributed by atoms with E-state index >= 15 is 0 Å². The molecule has 0 saturated heterocycles. The van der Waals surface area contributed by atoms with Crippen LogP contribution in [0.15, 0.2) is 30.3 Å². The van der Waals surface area contributed by atoms with Crippen LogP contribution in [0.3, 0.4) is 0 Å². The molecule has 0 bridgehead atoms. The molecule has 0 amide bonds. The lowest BCUT2D eigenvalue weighted by atomic mass is 10.3. The third-order valence-corrected chi connectivity index (χ3v) is 2.36. The summed E-state index contributed by atoms with van der Waals surface area (Å²) in [6.07, 6.45) is 0.422. The number of rotatable bonds is 8. The molecule has 1 aromatic carbocycles. The van der Waals surface area contributed by atoms with Gasteiger partial charge in [0.05, 0.1) is 32.3 Å². The van der Waals surface area contributed by atoms with Gasteiger partial charge in [0.15, 0.2) is 0 Å². The molecule has 0 spiro atoms. The normalized spacial score (nSPS) is 9.88. The van der Waals surface area contributed by atoms with E-state index in [1.165, 1.54) is 0 Å². The molecule has 17 heavy (non-hydrogen) atoms. The van der Waals surface area contributed by atoms with Crippen LogP contribution in [0.4, 0.5) is 5.69 Å². The Morgan fingerprint density at radius 1 is 1.18 bits per heavy atom. The number of aliphatic hydroxyl groups excluding tert-OH is 1. The summed E-state index contributed by atoms with van der Waals surface area (Å²) in [4.78, 5) is 2.06. The van der Waals surface area contributed by atoms with Gasteiger partial charge >= 0.3 is 0 Å². The summed E-state index contributed by atoms with van der Waals surface area (Å²) in [5.74, 6) is 0. The molecule has 0 unspecified atom stereocenters. The highest BCUT2D eigenvalue weighted by molar-refractivity contribution is 5.45. The van der Waals surface area contributed by atoms with Gasteiger partial charge < -0.3 is 14.7 Å². The third-order valence-electron chi connectivity index (χ3n) is 2.36. The number of ether oxygens (including phenoxy) is 1. The first-order chi connectivity index (χ1) is 8.38. The Bertz CT molecular complexity index is 335. The van der Waals surface area contributed by atoms with E-state index in [-0.39, 0.29) is 6.61 Å². The van der Waals surface area contributed by atoms with E-state index in [1.807, 2.05) is 36.4 Å². The molecule has 0 radical (unpaired) electrons. The molecule has 0 aliphatic heterocycles. The van der Waals surface area contributed by atoms with Gasteiger partial charge in [0.2, 0.25) is 0 Å². The Balaban J connectivity index is 2.37. The fourth-order valence-electron chi connectivity index (χ4n) is 1.52. The number of benzene rings is 1. The molecule has 4 nitrogen and oxygen atoms in total. The second kappa shape index (κ2) is 8.57. The number of aliphatic hydroxyl groups is 1. The second-order valence-electron chi connectivity index (χ2n) is 3.57. The molecular formula is C13H18N2O2. The first kappa shape index (κ1) is 13.5. The Morgan fingerprint density at radius 3 is 2.59 bits per heavy atom. The van der Waals surface area contributed by atoms with Crippen molar-refractivity contribution in [2.24, 2.45) is 0 Å². The van der Waals surface area contributed by atoms with Crippen molar-refractivity contribution in [3.8, 4) is 6.07 Å². The van der Waals surface area contributed by atoms with Gasteiger partial charge in [-0.3, -0.25) is 0 Å². The van der Waals surface area contributed by atoms with E-state index in [9.17, 15) is 0 Å². The maximum Gasteiger partial charge on any atom is 0.0645 e. The summed E-state index contributed by atoms with van der Waals surface area (Å²) in [6.45, 7) is 2.46. The highest BCUT2D eigenvalue weighted by atomic mass is 16.5. The third kappa shape index (κ3) is 5.34. The second-order valence-corrected chi connectivity index (χ2v) is 3.57. The molecule has 4 heteroatoms. The zero-order valence-electron chi connectivity index (χ0n) is 9.88. The van der Waals surface area contributed by atoms with Gasteiger partial charge in [0.25, 0.3) is 0 Å². The van der Waals surface area contributed by atoms with E-state index in [0.717, 1.165) is 12.2 Å². The van der Waals surface area contributed by atoms with Crippen LogP contribution >= 0.6 is 0 Å². The van der Waals surface area contributed by atoms with Crippen molar-refractivity contribution in [1.29, 1.82) is 5.26 Å².